The molecule has 0 saturated carbocycles. The molecule has 0 aromatic heterocycles. The maximum Gasteiger partial charge on any atom is 0.236 e. The number of amides is 1. The zero-order valence-corrected chi connectivity index (χ0v) is 11.0. The molecule has 4 nitrogen and oxygen atoms in total. The quantitative estimate of drug-likeness (QED) is 0.766. The largest absolute Gasteiger partial charge is 0.341 e. The van der Waals surface area contributed by atoms with Crippen molar-refractivity contribution in [2.24, 2.45) is 0 Å². The van der Waals surface area contributed by atoms with Crippen LogP contribution in [0.2, 0.25) is 0 Å². The summed E-state index contributed by atoms with van der Waals surface area (Å²) in [7, 11) is 0. The average Bonchev–Trinajstić information content (AvgIpc) is 2.27. The molecule has 0 aromatic rings. The molecular weight excluding hydrogens is 214 g/mol. The Bertz CT molecular complexity index is 247. The first-order valence-corrected chi connectivity index (χ1v) is 7.04. The molecule has 98 valence electrons. The highest BCUT2D eigenvalue weighted by Crippen LogP contribution is 2.13. The van der Waals surface area contributed by atoms with Crippen molar-refractivity contribution < 1.29 is 4.79 Å². The van der Waals surface area contributed by atoms with Crippen molar-refractivity contribution in [3.05, 3.63) is 0 Å². The molecule has 2 rings (SSSR count). The SMILES string of the molecule is CCCN(CC(=O)N1CCC1)C1CCCNC1. The standard InChI is InChI=1S/C13H25N3O/c1-2-7-16(12-5-3-6-14-10-12)11-13(17)15-8-4-9-15/h12,14H,2-11H2,1H3. The van der Waals surface area contributed by atoms with Crippen LogP contribution in [0.3, 0.4) is 0 Å². The summed E-state index contributed by atoms with van der Waals surface area (Å²) >= 11 is 0. The Morgan fingerprint density at radius 2 is 2.24 bits per heavy atom. The molecule has 0 spiro atoms. The first kappa shape index (κ1) is 12.8. The summed E-state index contributed by atoms with van der Waals surface area (Å²) < 4.78 is 0. The van der Waals surface area contributed by atoms with Gasteiger partial charge in [-0.3, -0.25) is 9.69 Å². The maximum absolute atomic E-state index is 12.0. The number of hydrogen-bond acceptors (Lipinski definition) is 3. The molecule has 0 aliphatic carbocycles. The molecule has 1 atom stereocenters. The zero-order valence-electron chi connectivity index (χ0n) is 11.0. The van der Waals surface area contributed by atoms with Gasteiger partial charge in [-0.2, -0.15) is 0 Å². The minimum atomic E-state index is 0.329. The molecule has 1 unspecified atom stereocenters. The number of piperidine rings is 1. The highest BCUT2D eigenvalue weighted by molar-refractivity contribution is 5.79. The van der Waals surface area contributed by atoms with E-state index in [-0.39, 0.29) is 0 Å². The number of hydrogen-bond donors (Lipinski definition) is 1. The van der Waals surface area contributed by atoms with Crippen LogP contribution in [0.5, 0.6) is 0 Å². The average molecular weight is 239 g/mol. The van der Waals surface area contributed by atoms with Crippen molar-refractivity contribution in [3.63, 3.8) is 0 Å². The van der Waals surface area contributed by atoms with E-state index in [1.54, 1.807) is 0 Å². The van der Waals surface area contributed by atoms with E-state index in [9.17, 15) is 4.79 Å². The molecule has 1 amide bonds. The Kier molecular flexibility index (Phi) is 4.80. The van der Waals surface area contributed by atoms with E-state index in [0.29, 0.717) is 18.5 Å². The third kappa shape index (κ3) is 3.42. The van der Waals surface area contributed by atoms with Crippen LogP contribution in [-0.4, -0.2) is 61.0 Å². The third-order valence-electron chi connectivity index (χ3n) is 3.85. The van der Waals surface area contributed by atoms with Crippen LogP contribution in [-0.2, 0) is 4.79 Å². The molecule has 2 saturated heterocycles. The molecule has 17 heavy (non-hydrogen) atoms. The van der Waals surface area contributed by atoms with Gasteiger partial charge in [0.2, 0.25) is 5.91 Å². The molecule has 2 aliphatic rings. The van der Waals surface area contributed by atoms with Gasteiger partial charge in [-0.25, -0.2) is 0 Å². The number of rotatable bonds is 5. The topological polar surface area (TPSA) is 35.6 Å². The van der Waals surface area contributed by atoms with Gasteiger partial charge < -0.3 is 10.2 Å². The van der Waals surface area contributed by atoms with E-state index in [4.69, 9.17) is 0 Å². The van der Waals surface area contributed by atoms with E-state index >= 15 is 0 Å². The van der Waals surface area contributed by atoms with Crippen LogP contribution in [0.1, 0.15) is 32.6 Å². The van der Waals surface area contributed by atoms with Gasteiger partial charge in [0.25, 0.3) is 0 Å². The van der Waals surface area contributed by atoms with Gasteiger partial charge in [0.1, 0.15) is 0 Å². The lowest BCUT2D eigenvalue weighted by Gasteiger charge is -2.37. The molecule has 1 N–H and O–H groups in total. The van der Waals surface area contributed by atoms with Gasteiger partial charge >= 0.3 is 0 Å². The fraction of sp³-hybridized carbons (Fsp3) is 0.923. The monoisotopic (exact) mass is 239 g/mol. The van der Waals surface area contributed by atoms with Crippen molar-refractivity contribution >= 4 is 5.91 Å². The summed E-state index contributed by atoms with van der Waals surface area (Å²) in [5, 5.41) is 3.44. The Morgan fingerprint density at radius 1 is 1.41 bits per heavy atom. The number of nitrogens with one attached hydrogen (secondary N) is 1. The highest BCUT2D eigenvalue weighted by atomic mass is 16.2. The van der Waals surface area contributed by atoms with E-state index < -0.39 is 0 Å². The predicted molar refractivity (Wildman–Crippen MR) is 69.0 cm³/mol. The molecule has 2 heterocycles. The second kappa shape index (κ2) is 6.36. The van der Waals surface area contributed by atoms with Gasteiger partial charge in [-0.15, -0.1) is 0 Å². The first-order chi connectivity index (χ1) is 8.31. The van der Waals surface area contributed by atoms with Gasteiger partial charge in [0.05, 0.1) is 6.54 Å². The van der Waals surface area contributed by atoms with Crippen molar-refractivity contribution in [3.8, 4) is 0 Å². The van der Waals surface area contributed by atoms with Crippen molar-refractivity contribution in [1.29, 1.82) is 0 Å². The van der Waals surface area contributed by atoms with Crippen LogP contribution in [0.25, 0.3) is 0 Å². The lowest BCUT2D eigenvalue weighted by atomic mass is 10.1. The summed E-state index contributed by atoms with van der Waals surface area (Å²) in [6, 6.07) is 0.564. The van der Waals surface area contributed by atoms with Crippen LogP contribution < -0.4 is 5.32 Å². The third-order valence-corrected chi connectivity index (χ3v) is 3.85. The minimum absolute atomic E-state index is 0.329. The first-order valence-electron chi connectivity index (χ1n) is 7.04. The molecule has 0 aromatic carbocycles. The van der Waals surface area contributed by atoms with E-state index in [0.717, 1.165) is 39.1 Å². The zero-order chi connectivity index (χ0) is 12.1. The molecule has 2 aliphatic heterocycles. The van der Waals surface area contributed by atoms with Crippen LogP contribution >= 0.6 is 0 Å². The lowest BCUT2D eigenvalue weighted by Crippen LogP contribution is -2.52. The summed E-state index contributed by atoms with van der Waals surface area (Å²) in [6.45, 7) is 8.00. The maximum atomic E-state index is 12.0. The Hall–Kier alpha value is -0.610. The molecule has 0 radical (unpaired) electrons. The van der Waals surface area contributed by atoms with Crippen LogP contribution in [0.4, 0.5) is 0 Å². The van der Waals surface area contributed by atoms with Crippen molar-refractivity contribution in [2.45, 2.75) is 38.6 Å². The van der Waals surface area contributed by atoms with Gasteiger partial charge in [-0.1, -0.05) is 6.92 Å². The normalized spacial score (nSPS) is 24.8. The molecule has 2 fully saturated rings. The Labute approximate surface area is 104 Å². The van der Waals surface area contributed by atoms with Gasteiger partial charge in [0.15, 0.2) is 0 Å². The second-order valence-corrected chi connectivity index (χ2v) is 5.20. The minimum Gasteiger partial charge on any atom is -0.341 e. The molecule has 0 bridgehead atoms. The van der Waals surface area contributed by atoms with Crippen LogP contribution in [0, 0.1) is 0 Å². The Balaban J connectivity index is 1.83. The highest BCUT2D eigenvalue weighted by Gasteiger charge is 2.26. The van der Waals surface area contributed by atoms with Gasteiger partial charge in [-0.05, 0) is 38.8 Å². The summed E-state index contributed by atoms with van der Waals surface area (Å²) in [4.78, 5) is 16.4. The number of carbonyl (C=O) groups excluding carboxylic acids is 1. The number of nitrogens with zero attached hydrogens (tertiary/aromatic N) is 2. The fourth-order valence-electron chi connectivity index (χ4n) is 2.66. The predicted octanol–water partition coefficient (Wildman–Crippen LogP) is 0.683. The second-order valence-electron chi connectivity index (χ2n) is 5.20. The molecular formula is C13H25N3O. The van der Waals surface area contributed by atoms with E-state index in [1.165, 1.54) is 19.3 Å². The van der Waals surface area contributed by atoms with Gasteiger partial charge in [0, 0.05) is 25.7 Å². The lowest BCUT2D eigenvalue weighted by molar-refractivity contribution is -0.136. The summed E-state index contributed by atoms with van der Waals surface area (Å²) in [5.74, 6) is 0.329. The smallest absolute Gasteiger partial charge is 0.236 e. The molecule has 4 heteroatoms. The number of likely N-dealkylation sites (tertiary alicyclic amines) is 1. The van der Waals surface area contributed by atoms with Crippen LogP contribution in [0.15, 0.2) is 0 Å². The summed E-state index contributed by atoms with van der Waals surface area (Å²) in [6.07, 6.45) is 4.79. The summed E-state index contributed by atoms with van der Waals surface area (Å²) in [5.41, 5.74) is 0. The van der Waals surface area contributed by atoms with Crippen molar-refractivity contribution in [1.82, 2.24) is 15.1 Å². The fourth-order valence-corrected chi connectivity index (χ4v) is 2.66. The number of carbonyl (C=O) groups is 1. The van der Waals surface area contributed by atoms with E-state index in [2.05, 4.69) is 17.1 Å². The Morgan fingerprint density at radius 3 is 2.76 bits per heavy atom. The van der Waals surface area contributed by atoms with Crippen molar-refractivity contribution in [2.75, 3.05) is 39.3 Å². The van der Waals surface area contributed by atoms with E-state index in [1.807, 2.05) is 4.90 Å².